The molecule has 1 aromatic carbocycles. The molecular weight excluding hydrogens is 305 g/mol. The molecule has 0 spiro atoms. The maximum absolute atomic E-state index is 13.3. The van der Waals surface area contributed by atoms with Gasteiger partial charge in [0.2, 0.25) is 0 Å². The van der Waals surface area contributed by atoms with Crippen molar-refractivity contribution < 1.29 is 4.39 Å². The summed E-state index contributed by atoms with van der Waals surface area (Å²) in [6, 6.07) is 6.09. The van der Waals surface area contributed by atoms with Gasteiger partial charge in [-0.05, 0) is 64.2 Å². The van der Waals surface area contributed by atoms with Gasteiger partial charge in [-0.1, -0.05) is 26.8 Å². The highest BCUT2D eigenvalue weighted by atomic mass is 79.9. The van der Waals surface area contributed by atoms with Crippen LogP contribution in [0.25, 0.3) is 0 Å². The second kappa shape index (κ2) is 5.92. The van der Waals surface area contributed by atoms with Crippen molar-refractivity contribution >= 4 is 15.9 Å². The van der Waals surface area contributed by atoms with E-state index in [0.29, 0.717) is 10.4 Å². The number of hydrogen-bond acceptors (Lipinski definition) is 1. The van der Waals surface area contributed by atoms with Crippen molar-refractivity contribution in [2.24, 2.45) is 11.3 Å². The summed E-state index contributed by atoms with van der Waals surface area (Å²) in [5.41, 5.74) is 1.40. The van der Waals surface area contributed by atoms with Crippen molar-refractivity contribution in [1.82, 2.24) is 5.32 Å². The molecule has 1 N–H and O–H groups in total. The molecule has 19 heavy (non-hydrogen) atoms. The molecule has 3 heteroatoms. The van der Waals surface area contributed by atoms with E-state index in [1.807, 2.05) is 12.1 Å². The van der Waals surface area contributed by atoms with Gasteiger partial charge < -0.3 is 5.32 Å². The zero-order valence-electron chi connectivity index (χ0n) is 12.0. The zero-order chi connectivity index (χ0) is 14.0. The number of rotatable bonds is 6. The van der Waals surface area contributed by atoms with Gasteiger partial charge >= 0.3 is 0 Å². The third-order valence-electron chi connectivity index (χ3n) is 4.36. The van der Waals surface area contributed by atoms with Crippen molar-refractivity contribution in [3.8, 4) is 0 Å². The Morgan fingerprint density at radius 3 is 2.63 bits per heavy atom. The molecule has 1 nitrogen and oxygen atoms in total. The van der Waals surface area contributed by atoms with Crippen molar-refractivity contribution in [2.45, 2.75) is 46.1 Å². The molecule has 1 fully saturated rings. The molecule has 1 atom stereocenters. The molecule has 106 valence electrons. The normalized spacial score (nSPS) is 18.6. The van der Waals surface area contributed by atoms with Crippen LogP contribution in [0.3, 0.4) is 0 Å². The van der Waals surface area contributed by atoms with Gasteiger partial charge in [0, 0.05) is 12.6 Å². The fourth-order valence-electron chi connectivity index (χ4n) is 2.25. The van der Waals surface area contributed by atoms with Gasteiger partial charge in [-0.3, -0.25) is 0 Å². The lowest BCUT2D eigenvalue weighted by atomic mass is 9.74. The van der Waals surface area contributed by atoms with Gasteiger partial charge in [0.1, 0.15) is 5.82 Å². The summed E-state index contributed by atoms with van der Waals surface area (Å²) in [7, 11) is 0. The van der Waals surface area contributed by atoms with Crippen LogP contribution in [-0.4, -0.2) is 12.6 Å². The predicted molar refractivity (Wildman–Crippen MR) is 81.8 cm³/mol. The lowest BCUT2D eigenvalue weighted by molar-refractivity contribution is 0.206. The molecule has 1 aromatic rings. The highest BCUT2D eigenvalue weighted by molar-refractivity contribution is 9.10. The van der Waals surface area contributed by atoms with Gasteiger partial charge in [0.05, 0.1) is 4.47 Å². The largest absolute Gasteiger partial charge is 0.313 e. The predicted octanol–water partition coefficient (Wildman–Crippen LogP) is 4.55. The van der Waals surface area contributed by atoms with Gasteiger partial charge in [-0.2, -0.15) is 0 Å². The molecule has 1 aliphatic rings. The van der Waals surface area contributed by atoms with Gasteiger partial charge in [0.15, 0.2) is 0 Å². The van der Waals surface area contributed by atoms with E-state index in [0.717, 1.165) is 19.0 Å². The van der Waals surface area contributed by atoms with E-state index in [-0.39, 0.29) is 11.2 Å². The number of hydrogen-bond donors (Lipinski definition) is 1. The molecule has 0 heterocycles. The van der Waals surface area contributed by atoms with Crippen LogP contribution in [0.2, 0.25) is 0 Å². The Morgan fingerprint density at radius 1 is 1.42 bits per heavy atom. The quantitative estimate of drug-likeness (QED) is 0.808. The van der Waals surface area contributed by atoms with Crippen LogP contribution in [-0.2, 0) is 6.42 Å². The fraction of sp³-hybridized carbons (Fsp3) is 0.625. The molecule has 0 aliphatic heterocycles. The number of benzene rings is 1. The zero-order valence-corrected chi connectivity index (χ0v) is 13.6. The van der Waals surface area contributed by atoms with Crippen molar-refractivity contribution in [3.05, 3.63) is 34.1 Å². The second-order valence-electron chi connectivity index (χ2n) is 6.39. The standard InChI is InChI=1S/C16H23BrFN/c1-11(2)16(3,10-19-13-5-6-13)9-12-4-7-15(18)14(17)8-12/h4,7-8,11,13,19H,5-6,9-10H2,1-3H3. The number of nitrogens with one attached hydrogen (secondary N) is 1. The SMILES string of the molecule is CC(C)C(C)(CNC1CC1)Cc1ccc(F)c(Br)c1. The maximum Gasteiger partial charge on any atom is 0.137 e. The van der Waals surface area contributed by atoms with Crippen LogP contribution < -0.4 is 5.32 Å². The van der Waals surface area contributed by atoms with E-state index < -0.39 is 0 Å². The molecule has 0 amide bonds. The van der Waals surface area contributed by atoms with Crippen molar-refractivity contribution in [3.63, 3.8) is 0 Å². The van der Waals surface area contributed by atoms with Crippen molar-refractivity contribution in [2.75, 3.05) is 6.54 Å². The average Bonchev–Trinajstić information content (AvgIpc) is 3.15. The first-order chi connectivity index (χ1) is 8.90. The van der Waals surface area contributed by atoms with Crippen molar-refractivity contribution in [1.29, 1.82) is 0 Å². The van der Waals surface area contributed by atoms with E-state index in [1.165, 1.54) is 18.4 Å². The Bertz CT molecular complexity index is 442. The summed E-state index contributed by atoms with van der Waals surface area (Å²) in [6.07, 6.45) is 3.61. The molecule has 1 aliphatic carbocycles. The fourth-order valence-corrected chi connectivity index (χ4v) is 2.68. The molecule has 0 saturated heterocycles. The lowest BCUT2D eigenvalue weighted by Gasteiger charge is -2.34. The van der Waals surface area contributed by atoms with E-state index in [9.17, 15) is 4.39 Å². The van der Waals surface area contributed by atoms with Crippen LogP contribution in [0, 0.1) is 17.2 Å². The molecule has 0 bridgehead atoms. The lowest BCUT2D eigenvalue weighted by Crippen LogP contribution is -2.38. The van der Waals surface area contributed by atoms with Gasteiger partial charge in [0.25, 0.3) is 0 Å². The Balaban J connectivity index is 2.07. The summed E-state index contributed by atoms with van der Waals surface area (Å²) < 4.78 is 13.9. The monoisotopic (exact) mass is 327 g/mol. The first-order valence-corrected chi connectivity index (χ1v) is 7.87. The minimum Gasteiger partial charge on any atom is -0.313 e. The first kappa shape index (κ1) is 15.0. The van der Waals surface area contributed by atoms with Crippen LogP contribution >= 0.6 is 15.9 Å². The molecule has 1 unspecified atom stereocenters. The minimum absolute atomic E-state index is 0.189. The smallest absolute Gasteiger partial charge is 0.137 e. The van der Waals surface area contributed by atoms with E-state index in [1.54, 1.807) is 6.07 Å². The van der Waals surface area contributed by atoms with Crippen LogP contribution in [0.15, 0.2) is 22.7 Å². The summed E-state index contributed by atoms with van der Waals surface area (Å²) in [4.78, 5) is 0. The third-order valence-corrected chi connectivity index (χ3v) is 4.97. The second-order valence-corrected chi connectivity index (χ2v) is 7.24. The highest BCUT2D eigenvalue weighted by Crippen LogP contribution is 2.33. The molecule has 0 radical (unpaired) electrons. The van der Waals surface area contributed by atoms with Gasteiger partial charge in [-0.25, -0.2) is 4.39 Å². The summed E-state index contributed by atoms with van der Waals surface area (Å²) in [5.74, 6) is 0.397. The molecule has 0 aromatic heterocycles. The topological polar surface area (TPSA) is 12.0 Å². The van der Waals surface area contributed by atoms with E-state index in [2.05, 4.69) is 42.0 Å². The Morgan fingerprint density at radius 2 is 2.11 bits per heavy atom. The van der Waals surface area contributed by atoms with E-state index in [4.69, 9.17) is 0 Å². The highest BCUT2D eigenvalue weighted by Gasteiger charge is 2.31. The Hall–Kier alpha value is -0.410. The number of halogens is 2. The van der Waals surface area contributed by atoms with E-state index >= 15 is 0 Å². The maximum atomic E-state index is 13.3. The first-order valence-electron chi connectivity index (χ1n) is 7.08. The minimum atomic E-state index is -0.189. The Labute approximate surface area is 124 Å². The third kappa shape index (κ3) is 4.03. The average molecular weight is 328 g/mol. The Kier molecular flexibility index (Phi) is 4.67. The molecule has 2 rings (SSSR count). The summed E-state index contributed by atoms with van der Waals surface area (Å²) >= 11 is 3.27. The molecular formula is C16H23BrFN. The molecule has 1 saturated carbocycles. The van der Waals surface area contributed by atoms with Crippen LogP contribution in [0.5, 0.6) is 0 Å². The van der Waals surface area contributed by atoms with Gasteiger partial charge in [-0.15, -0.1) is 0 Å². The summed E-state index contributed by atoms with van der Waals surface area (Å²) in [6.45, 7) is 7.90. The summed E-state index contributed by atoms with van der Waals surface area (Å²) in [5, 5.41) is 3.64. The van der Waals surface area contributed by atoms with Crippen LogP contribution in [0.4, 0.5) is 4.39 Å². The van der Waals surface area contributed by atoms with Crippen LogP contribution in [0.1, 0.15) is 39.2 Å².